The van der Waals surface area contributed by atoms with Gasteiger partial charge in [0.1, 0.15) is 17.7 Å². The number of hydrogen-bond donors (Lipinski definition) is 1. The first-order valence-electron chi connectivity index (χ1n) is 12.3. The van der Waals surface area contributed by atoms with Gasteiger partial charge in [-0.1, -0.05) is 12.1 Å². The van der Waals surface area contributed by atoms with Crippen LogP contribution in [-0.4, -0.2) is 46.1 Å². The van der Waals surface area contributed by atoms with Crippen molar-refractivity contribution >= 4 is 34.8 Å². The molecule has 0 saturated heterocycles. The Morgan fingerprint density at radius 1 is 1.21 bits per heavy atom. The highest BCUT2D eigenvalue weighted by Crippen LogP contribution is 2.49. The van der Waals surface area contributed by atoms with E-state index < -0.39 is 11.5 Å². The van der Waals surface area contributed by atoms with Gasteiger partial charge in [0.15, 0.2) is 0 Å². The molecule has 1 saturated carbocycles. The van der Waals surface area contributed by atoms with Gasteiger partial charge in [-0.25, -0.2) is 4.98 Å². The lowest BCUT2D eigenvalue weighted by Crippen LogP contribution is -2.32. The number of ether oxygens (including phenoxy) is 3. The maximum absolute atomic E-state index is 13.1. The van der Waals surface area contributed by atoms with Gasteiger partial charge in [0.25, 0.3) is 11.5 Å². The van der Waals surface area contributed by atoms with E-state index in [-0.39, 0.29) is 22.9 Å². The summed E-state index contributed by atoms with van der Waals surface area (Å²) in [7, 11) is 1.60. The van der Waals surface area contributed by atoms with Gasteiger partial charge in [0.2, 0.25) is 5.88 Å². The Kier molecular flexibility index (Phi) is 8.53. The summed E-state index contributed by atoms with van der Waals surface area (Å²) in [6.07, 6.45) is 3.68. The summed E-state index contributed by atoms with van der Waals surface area (Å²) < 4.78 is 22.5. The fourth-order valence-electron chi connectivity index (χ4n) is 3.72. The number of nitriles is 1. The van der Waals surface area contributed by atoms with Gasteiger partial charge in [0, 0.05) is 25.2 Å². The van der Waals surface area contributed by atoms with Crippen LogP contribution in [0.4, 0.5) is 0 Å². The molecule has 38 heavy (non-hydrogen) atoms. The summed E-state index contributed by atoms with van der Waals surface area (Å²) >= 11 is 1.37. The van der Waals surface area contributed by atoms with Crippen LogP contribution in [0.1, 0.15) is 48.2 Å². The lowest BCUT2D eigenvalue weighted by molar-refractivity contribution is 0.0949. The number of pyridine rings is 2. The van der Waals surface area contributed by atoms with Gasteiger partial charge in [-0.3, -0.25) is 9.59 Å². The summed E-state index contributed by atoms with van der Waals surface area (Å²) in [4.78, 5) is 30.3. The molecule has 0 spiro atoms. The molecular formula is C27H29N5O5S. The molecule has 1 N–H and O–H groups in total. The summed E-state index contributed by atoms with van der Waals surface area (Å²) in [5.74, 6) is -0.168. The maximum atomic E-state index is 13.1. The molecule has 1 aliphatic rings. The number of carbonyl (C=O) groups is 1. The van der Waals surface area contributed by atoms with Gasteiger partial charge in [0.05, 0.1) is 29.6 Å². The Morgan fingerprint density at radius 2 is 1.92 bits per heavy atom. The Hall–Kier alpha value is -4.04. The largest absolute Gasteiger partial charge is 0.475 e. The van der Waals surface area contributed by atoms with Crippen molar-refractivity contribution in [3.05, 3.63) is 69.6 Å². The van der Waals surface area contributed by atoms with Crippen molar-refractivity contribution < 1.29 is 19.0 Å². The van der Waals surface area contributed by atoms with Crippen molar-refractivity contribution in [1.29, 1.82) is 5.26 Å². The van der Waals surface area contributed by atoms with Gasteiger partial charge in [-0.05, 0) is 68.5 Å². The van der Waals surface area contributed by atoms with E-state index in [1.54, 1.807) is 49.6 Å². The smallest absolute Gasteiger partial charge is 0.395 e. The molecule has 198 valence electrons. The van der Waals surface area contributed by atoms with Crippen LogP contribution in [0, 0.1) is 11.3 Å². The number of nitrogens with one attached hydrogen (secondary N) is 1. The Labute approximate surface area is 224 Å². The Bertz CT molecular complexity index is 1430. The Balaban J connectivity index is 1.49. The molecule has 11 heteroatoms. The molecule has 0 bridgehead atoms. The van der Waals surface area contributed by atoms with E-state index in [0.29, 0.717) is 42.2 Å². The van der Waals surface area contributed by atoms with Crippen molar-refractivity contribution in [2.75, 3.05) is 19.8 Å². The first-order valence-corrected chi connectivity index (χ1v) is 13.1. The van der Waals surface area contributed by atoms with Crippen LogP contribution in [0.25, 0.3) is 10.9 Å². The van der Waals surface area contributed by atoms with Crippen LogP contribution in [0.3, 0.4) is 0 Å². The van der Waals surface area contributed by atoms with E-state index in [0.717, 1.165) is 18.4 Å². The summed E-state index contributed by atoms with van der Waals surface area (Å²) in [6.45, 7) is 5.25. The second-order valence-corrected chi connectivity index (χ2v) is 9.98. The fourth-order valence-corrected chi connectivity index (χ4v) is 4.49. The van der Waals surface area contributed by atoms with Crippen LogP contribution < -0.4 is 15.6 Å². The molecule has 0 aliphatic heterocycles. The number of aryl methyl sites for hydroxylation is 1. The van der Waals surface area contributed by atoms with Crippen LogP contribution in [-0.2, 0) is 23.1 Å². The van der Waals surface area contributed by atoms with Crippen molar-refractivity contribution in [3.63, 3.8) is 0 Å². The molecular weight excluding hydrogens is 506 g/mol. The number of rotatable bonds is 10. The molecule has 4 rings (SSSR count). The first-order chi connectivity index (χ1) is 18.4. The van der Waals surface area contributed by atoms with E-state index in [2.05, 4.69) is 20.8 Å². The molecule has 0 unspecified atom stereocenters. The minimum absolute atomic E-state index is 0.0220. The van der Waals surface area contributed by atoms with Crippen LogP contribution in [0.5, 0.6) is 5.88 Å². The fraction of sp³-hybridized carbons (Fsp3) is 0.370. The zero-order valence-electron chi connectivity index (χ0n) is 21.5. The van der Waals surface area contributed by atoms with Crippen molar-refractivity contribution in [3.8, 4) is 11.9 Å². The molecule has 0 radical (unpaired) electrons. The molecule has 3 aromatic rings. The lowest BCUT2D eigenvalue weighted by atomic mass is 10.1. The average molecular weight is 536 g/mol. The molecule has 10 nitrogen and oxygen atoms in total. The van der Waals surface area contributed by atoms with E-state index in [9.17, 15) is 9.59 Å². The predicted octanol–water partition coefficient (Wildman–Crippen LogP) is 3.72. The van der Waals surface area contributed by atoms with Crippen LogP contribution >= 0.6 is 11.9 Å². The van der Waals surface area contributed by atoms with E-state index in [1.807, 2.05) is 13.8 Å². The quantitative estimate of drug-likeness (QED) is 0.236. The molecule has 2 heterocycles. The normalized spacial score (nSPS) is 13.3. The predicted molar refractivity (Wildman–Crippen MR) is 145 cm³/mol. The average Bonchev–Trinajstić information content (AvgIpc) is 3.71. The minimum atomic E-state index is -0.485. The standard InChI is InChI=1S/C27H29N5O5S/c1-4-35-26(36-5-2)31-38-27(11-12-27)17-37-24-22-20(10-13-29-24)14-21(25(34)32(22)3)23(33)30-16-19-8-6-18(15-28)7-9-19/h6-10,13-14H,4-5,11-12,16-17H2,1-3H3,(H,30,33). The highest BCUT2D eigenvalue weighted by atomic mass is 32.2. The summed E-state index contributed by atoms with van der Waals surface area (Å²) in [6, 6.07) is 12.2. The third-order valence-corrected chi connectivity index (χ3v) is 7.16. The van der Waals surface area contributed by atoms with Crippen molar-refractivity contribution in [1.82, 2.24) is 14.9 Å². The molecule has 1 aromatic carbocycles. The maximum Gasteiger partial charge on any atom is 0.395 e. The van der Waals surface area contributed by atoms with Gasteiger partial charge >= 0.3 is 6.08 Å². The minimum Gasteiger partial charge on any atom is -0.475 e. The number of fused-ring (bicyclic) bond motifs is 1. The number of benzene rings is 1. The van der Waals surface area contributed by atoms with Crippen molar-refractivity contribution in [2.24, 2.45) is 11.4 Å². The van der Waals surface area contributed by atoms with Crippen molar-refractivity contribution in [2.45, 2.75) is 38.0 Å². The number of amides is 1. The zero-order valence-corrected chi connectivity index (χ0v) is 22.3. The third-order valence-electron chi connectivity index (χ3n) is 6.00. The molecule has 0 atom stereocenters. The van der Waals surface area contributed by atoms with E-state index in [4.69, 9.17) is 19.5 Å². The lowest BCUT2D eigenvalue weighted by Gasteiger charge is -2.16. The number of hydrogen-bond acceptors (Lipinski definition) is 9. The van der Waals surface area contributed by atoms with Crippen LogP contribution in [0.15, 0.2) is 51.8 Å². The highest BCUT2D eigenvalue weighted by Gasteiger charge is 2.45. The van der Waals surface area contributed by atoms with E-state index >= 15 is 0 Å². The van der Waals surface area contributed by atoms with Crippen LogP contribution in [0.2, 0.25) is 0 Å². The first kappa shape index (κ1) is 27.0. The summed E-state index contributed by atoms with van der Waals surface area (Å²) in [5, 5.41) is 12.4. The Morgan fingerprint density at radius 3 is 2.55 bits per heavy atom. The van der Waals surface area contributed by atoms with Gasteiger partial charge in [-0.2, -0.15) is 5.26 Å². The highest BCUT2D eigenvalue weighted by molar-refractivity contribution is 7.99. The van der Waals surface area contributed by atoms with Gasteiger partial charge < -0.3 is 24.1 Å². The number of aromatic nitrogens is 2. The zero-order chi connectivity index (χ0) is 27.1. The summed E-state index contributed by atoms with van der Waals surface area (Å²) in [5.41, 5.74) is 1.44. The SMILES string of the molecule is CCOC(=NSC1(COc2nccc3cc(C(=O)NCc4ccc(C#N)cc4)c(=O)n(C)c23)CC1)OCC. The third kappa shape index (κ3) is 6.26. The molecule has 1 aliphatic carbocycles. The van der Waals surface area contributed by atoms with E-state index in [1.165, 1.54) is 16.5 Å². The molecule has 2 aromatic heterocycles. The molecule has 1 fully saturated rings. The molecule has 1 amide bonds. The topological polar surface area (TPSA) is 128 Å². The number of nitrogens with zero attached hydrogens (tertiary/aromatic N) is 4. The van der Waals surface area contributed by atoms with Gasteiger partial charge in [-0.15, -0.1) is 4.40 Å². The second-order valence-electron chi connectivity index (χ2n) is 8.75. The monoisotopic (exact) mass is 535 g/mol. The second kappa shape index (κ2) is 12.0. The number of carbonyl (C=O) groups excluding carboxylic acids is 1.